The van der Waals surface area contributed by atoms with Crippen molar-refractivity contribution < 1.29 is 29.0 Å². The second-order valence-corrected chi connectivity index (χ2v) is 13.0. The van der Waals surface area contributed by atoms with Gasteiger partial charge in [-0.1, -0.05) is 12.2 Å². The van der Waals surface area contributed by atoms with Gasteiger partial charge in [-0.25, -0.2) is 0 Å². The fourth-order valence-electron chi connectivity index (χ4n) is 6.71. The van der Waals surface area contributed by atoms with Gasteiger partial charge in [0, 0.05) is 30.1 Å². The highest BCUT2D eigenvalue weighted by molar-refractivity contribution is 8.02. The second kappa shape index (κ2) is 12.8. The lowest BCUT2D eigenvalue weighted by Gasteiger charge is -2.37. The van der Waals surface area contributed by atoms with Crippen molar-refractivity contribution in [3.05, 3.63) is 49.6 Å². The van der Waals surface area contributed by atoms with E-state index in [0.29, 0.717) is 43.9 Å². The van der Waals surface area contributed by atoms with Gasteiger partial charge in [0.1, 0.15) is 11.8 Å². The summed E-state index contributed by atoms with van der Waals surface area (Å²) in [5, 5.41) is 9.41. The molecule has 3 saturated heterocycles. The molecule has 0 radical (unpaired) electrons. The summed E-state index contributed by atoms with van der Waals surface area (Å²) in [6, 6.07) is 6.53. The maximum absolute atomic E-state index is 14.5. The number of carbonyl (C=O) groups is 3. The summed E-state index contributed by atoms with van der Waals surface area (Å²) in [6.45, 7) is 10.6. The second-order valence-electron chi connectivity index (χ2n) is 11.1. The van der Waals surface area contributed by atoms with Gasteiger partial charge in [0.15, 0.2) is 0 Å². The molecule has 2 amide bonds. The van der Waals surface area contributed by atoms with Crippen molar-refractivity contribution in [1.82, 2.24) is 4.90 Å². The van der Waals surface area contributed by atoms with Crippen LogP contribution in [0.15, 0.2) is 49.6 Å². The van der Waals surface area contributed by atoms with Gasteiger partial charge >= 0.3 is 5.97 Å². The predicted octanol–water partition coefficient (Wildman–Crippen LogP) is 4.37. The zero-order valence-corrected chi connectivity index (χ0v) is 24.5. The number of likely N-dealkylation sites (tertiary alicyclic amines) is 1. The molecule has 0 aliphatic carbocycles. The summed E-state index contributed by atoms with van der Waals surface area (Å²) >= 11 is 1.64. The molecule has 3 aliphatic rings. The van der Waals surface area contributed by atoms with E-state index in [4.69, 9.17) is 9.47 Å². The number of benzene rings is 1. The zero-order chi connectivity index (χ0) is 28.9. The summed E-state index contributed by atoms with van der Waals surface area (Å²) in [4.78, 5) is 45.6. The van der Waals surface area contributed by atoms with Crippen molar-refractivity contribution in [2.45, 2.75) is 67.4 Å². The summed E-state index contributed by atoms with van der Waals surface area (Å²) in [5.74, 6) is -1.23. The van der Waals surface area contributed by atoms with Gasteiger partial charge in [-0.2, -0.15) is 0 Å². The van der Waals surface area contributed by atoms with Crippen molar-refractivity contribution in [1.29, 1.82) is 0 Å². The standard InChI is InChI=1S/C31H42N2O6S/c1-5-7-8-11-21-39-29(37)25-24-27(35)33(19-9-10-20-34)26(31(24)17-16-30(25,3)40-31)28(36)32(18-6-2)22-12-14-23(38-4)15-13-22/h5-6,12-15,24-26,34H,1-2,7-11,16-21H2,3-4H3/t24-,25+,26?,30-,31?/m0/s1. The molecule has 2 bridgehead atoms. The van der Waals surface area contributed by atoms with Crippen molar-refractivity contribution in [2.75, 3.05) is 38.3 Å². The fourth-order valence-corrected chi connectivity index (χ4v) is 9.05. The lowest BCUT2D eigenvalue weighted by molar-refractivity contribution is -0.155. The Morgan fingerprint density at radius 1 is 1.15 bits per heavy atom. The third kappa shape index (κ3) is 5.42. The molecule has 1 aromatic carbocycles. The number of anilines is 1. The first-order valence-corrected chi connectivity index (χ1v) is 15.0. The monoisotopic (exact) mass is 570 g/mol. The molecule has 9 heteroatoms. The Balaban J connectivity index is 1.68. The number of hydrogen-bond donors (Lipinski definition) is 1. The molecule has 218 valence electrons. The number of aliphatic hydroxyl groups excluding tert-OH is 1. The van der Waals surface area contributed by atoms with Crippen molar-refractivity contribution in [3.63, 3.8) is 0 Å². The van der Waals surface area contributed by atoms with E-state index in [1.54, 1.807) is 46.9 Å². The SMILES string of the molecule is C=CCCCCOC(=O)[C@H]1[C@H]2C(=O)N(CCCCO)C(C(=O)N(CC=C)c3ccc(OC)cc3)C23CC[C@]1(C)S3. The van der Waals surface area contributed by atoms with Gasteiger partial charge in [-0.3, -0.25) is 14.4 Å². The Morgan fingerprint density at radius 3 is 2.55 bits per heavy atom. The number of thioether (sulfide) groups is 1. The third-order valence-electron chi connectivity index (χ3n) is 8.58. The van der Waals surface area contributed by atoms with Gasteiger partial charge in [-0.05, 0) is 76.1 Å². The Hall–Kier alpha value is -2.78. The van der Waals surface area contributed by atoms with Crippen LogP contribution in [-0.2, 0) is 19.1 Å². The van der Waals surface area contributed by atoms with Crippen LogP contribution in [0.25, 0.3) is 0 Å². The minimum absolute atomic E-state index is 0.0112. The third-order valence-corrected chi connectivity index (χ3v) is 10.6. The molecular formula is C31H42N2O6S. The average Bonchev–Trinajstić information content (AvgIpc) is 3.52. The fraction of sp³-hybridized carbons (Fsp3) is 0.581. The Morgan fingerprint density at radius 2 is 1.90 bits per heavy atom. The number of allylic oxidation sites excluding steroid dienone is 1. The molecule has 3 heterocycles. The van der Waals surface area contributed by atoms with Crippen LogP contribution in [0.2, 0.25) is 0 Å². The largest absolute Gasteiger partial charge is 0.497 e. The maximum atomic E-state index is 14.5. The molecule has 2 unspecified atom stereocenters. The summed E-state index contributed by atoms with van der Waals surface area (Å²) in [6.07, 6.45) is 8.52. The van der Waals surface area contributed by atoms with Crippen LogP contribution in [0.1, 0.15) is 51.9 Å². The topological polar surface area (TPSA) is 96.4 Å². The number of carbonyl (C=O) groups excluding carboxylic acids is 3. The van der Waals surface area contributed by atoms with E-state index < -0.39 is 27.4 Å². The molecule has 0 saturated carbocycles. The first-order valence-electron chi connectivity index (χ1n) is 14.2. The number of fused-ring (bicyclic) bond motifs is 1. The molecule has 4 rings (SSSR count). The van der Waals surface area contributed by atoms with Crippen LogP contribution in [0, 0.1) is 11.8 Å². The highest BCUT2D eigenvalue weighted by Crippen LogP contribution is 2.71. The minimum Gasteiger partial charge on any atom is -0.497 e. The van der Waals surface area contributed by atoms with Crippen LogP contribution in [-0.4, -0.2) is 76.7 Å². The van der Waals surface area contributed by atoms with Crippen LogP contribution >= 0.6 is 11.8 Å². The smallest absolute Gasteiger partial charge is 0.311 e. The van der Waals surface area contributed by atoms with Crippen LogP contribution in [0.3, 0.4) is 0 Å². The highest BCUT2D eigenvalue weighted by atomic mass is 32.2. The van der Waals surface area contributed by atoms with Gasteiger partial charge in [-0.15, -0.1) is 24.9 Å². The van der Waals surface area contributed by atoms with Gasteiger partial charge in [0.05, 0.1) is 30.3 Å². The number of rotatable bonds is 15. The van der Waals surface area contributed by atoms with E-state index in [9.17, 15) is 19.5 Å². The first-order chi connectivity index (χ1) is 19.3. The van der Waals surface area contributed by atoms with E-state index in [1.807, 2.05) is 25.1 Å². The minimum atomic E-state index is -0.733. The molecular weight excluding hydrogens is 528 g/mol. The molecule has 3 aliphatic heterocycles. The Kier molecular flexibility index (Phi) is 9.67. The molecule has 1 N–H and O–H groups in total. The normalized spacial score (nSPS) is 28.3. The van der Waals surface area contributed by atoms with Crippen molar-refractivity contribution >= 4 is 35.2 Å². The van der Waals surface area contributed by atoms with Crippen molar-refractivity contribution in [3.8, 4) is 5.75 Å². The van der Waals surface area contributed by atoms with Crippen LogP contribution < -0.4 is 9.64 Å². The van der Waals surface area contributed by atoms with E-state index in [2.05, 4.69) is 13.2 Å². The average molecular weight is 571 g/mol. The number of amides is 2. The molecule has 8 nitrogen and oxygen atoms in total. The predicted molar refractivity (Wildman–Crippen MR) is 157 cm³/mol. The van der Waals surface area contributed by atoms with E-state index in [1.165, 1.54) is 0 Å². The molecule has 0 aromatic heterocycles. The Bertz CT molecular complexity index is 1110. The Labute approximate surface area is 241 Å². The number of methoxy groups -OCH3 is 1. The lowest BCUT2D eigenvalue weighted by Crippen LogP contribution is -2.55. The zero-order valence-electron chi connectivity index (χ0n) is 23.7. The van der Waals surface area contributed by atoms with Crippen LogP contribution in [0.5, 0.6) is 5.75 Å². The van der Waals surface area contributed by atoms with Crippen molar-refractivity contribution in [2.24, 2.45) is 11.8 Å². The van der Waals surface area contributed by atoms with E-state index in [-0.39, 0.29) is 30.9 Å². The molecule has 3 fully saturated rings. The molecule has 1 spiro atoms. The maximum Gasteiger partial charge on any atom is 0.311 e. The van der Waals surface area contributed by atoms with Gasteiger partial charge in [0.2, 0.25) is 5.91 Å². The summed E-state index contributed by atoms with van der Waals surface area (Å²) in [7, 11) is 1.59. The number of aliphatic hydroxyl groups is 1. The summed E-state index contributed by atoms with van der Waals surface area (Å²) < 4.78 is 9.84. The van der Waals surface area contributed by atoms with Gasteiger partial charge < -0.3 is 24.4 Å². The quantitative estimate of drug-likeness (QED) is 0.190. The number of nitrogens with zero attached hydrogens (tertiary/aromatic N) is 2. The van der Waals surface area contributed by atoms with E-state index in [0.717, 1.165) is 25.7 Å². The lowest BCUT2D eigenvalue weighted by atomic mass is 9.66. The van der Waals surface area contributed by atoms with Gasteiger partial charge in [0.25, 0.3) is 5.91 Å². The van der Waals surface area contributed by atoms with E-state index >= 15 is 0 Å². The number of hydrogen-bond acceptors (Lipinski definition) is 7. The number of ether oxygens (including phenoxy) is 2. The first kappa shape index (κ1) is 30.2. The molecule has 40 heavy (non-hydrogen) atoms. The summed E-state index contributed by atoms with van der Waals surface area (Å²) in [5.41, 5.74) is 0.688. The molecule has 1 aromatic rings. The van der Waals surface area contributed by atoms with Crippen LogP contribution in [0.4, 0.5) is 5.69 Å². The molecule has 5 atom stereocenters. The number of esters is 1. The number of unbranched alkanes of at least 4 members (excludes halogenated alkanes) is 3. The highest BCUT2D eigenvalue weighted by Gasteiger charge is 2.77.